The van der Waals surface area contributed by atoms with E-state index >= 15 is 0 Å². The van der Waals surface area contributed by atoms with E-state index in [1.54, 1.807) is 6.07 Å². The maximum Gasteiger partial charge on any atom is 0.258 e. The van der Waals surface area contributed by atoms with Crippen molar-refractivity contribution in [3.05, 3.63) is 40.4 Å². The summed E-state index contributed by atoms with van der Waals surface area (Å²) in [6.07, 6.45) is 3.81. The lowest BCUT2D eigenvalue weighted by atomic mass is 9.77. The molecule has 1 amide bonds. The molecular formula is C19H25N3O2. The Bertz CT molecular complexity index is 804. The number of amides is 1. The summed E-state index contributed by atoms with van der Waals surface area (Å²) in [6.45, 7) is 5.96. The Kier molecular flexibility index (Phi) is 4.43. The molecule has 2 unspecified atom stereocenters. The molecule has 0 saturated heterocycles. The van der Waals surface area contributed by atoms with Gasteiger partial charge in [-0.15, -0.1) is 0 Å². The standard InChI is InChI=1S/C19H25N3O2/c1-19(2,3)22-18(24)13-9-5-4-8-12(13)16-20-15-11-7-6-10-14(15)17(23)21-16/h6-7,10-13H,4-5,8-9H2,1-3H3,(H,22,24)(H,20,21,23). The number of carbonyl (C=O) groups is 1. The molecule has 5 heteroatoms. The number of para-hydroxylation sites is 1. The summed E-state index contributed by atoms with van der Waals surface area (Å²) in [6, 6.07) is 7.33. The zero-order valence-electron chi connectivity index (χ0n) is 14.6. The smallest absolute Gasteiger partial charge is 0.258 e. The van der Waals surface area contributed by atoms with Crippen LogP contribution in [0.4, 0.5) is 0 Å². The van der Waals surface area contributed by atoms with E-state index in [2.05, 4.69) is 15.3 Å². The molecule has 2 aromatic rings. The minimum atomic E-state index is -0.261. The van der Waals surface area contributed by atoms with Crippen molar-refractivity contribution in [2.24, 2.45) is 5.92 Å². The lowest BCUT2D eigenvalue weighted by Crippen LogP contribution is -2.46. The van der Waals surface area contributed by atoms with Crippen LogP contribution in [-0.2, 0) is 4.79 Å². The molecular weight excluding hydrogens is 302 g/mol. The van der Waals surface area contributed by atoms with Crippen LogP contribution in [-0.4, -0.2) is 21.4 Å². The fraction of sp³-hybridized carbons (Fsp3) is 0.526. The number of rotatable bonds is 2. The van der Waals surface area contributed by atoms with E-state index in [0.29, 0.717) is 16.7 Å². The molecule has 1 aromatic heterocycles. The fourth-order valence-corrected chi connectivity index (χ4v) is 3.51. The van der Waals surface area contributed by atoms with Crippen LogP contribution in [0.2, 0.25) is 0 Å². The first-order valence-corrected chi connectivity index (χ1v) is 8.66. The minimum Gasteiger partial charge on any atom is -0.351 e. The summed E-state index contributed by atoms with van der Waals surface area (Å²) in [5.41, 5.74) is 0.302. The summed E-state index contributed by atoms with van der Waals surface area (Å²) in [7, 11) is 0. The van der Waals surface area contributed by atoms with Gasteiger partial charge in [-0.25, -0.2) is 4.98 Å². The number of fused-ring (bicyclic) bond motifs is 1. The fourth-order valence-electron chi connectivity index (χ4n) is 3.51. The number of H-pyrrole nitrogens is 1. The molecule has 5 nitrogen and oxygen atoms in total. The number of carbonyl (C=O) groups excluding carboxylic acids is 1. The molecule has 128 valence electrons. The zero-order chi connectivity index (χ0) is 17.3. The second-order valence-electron chi connectivity index (χ2n) is 7.71. The Hall–Kier alpha value is -2.17. The normalized spacial score (nSPS) is 21.6. The number of nitrogens with one attached hydrogen (secondary N) is 2. The highest BCUT2D eigenvalue weighted by Gasteiger charge is 2.35. The van der Waals surface area contributed by atoms with Gasteiger partial charge in [-0.3, -0.25) is 9.59 Å². The number of hydrogen-bond acceptors (Lipinski definition) is 3. The molecule has 0 spiro atoms. The Labute approximate surface area is 141 Å². The van der Waals surface area contributed by atoms with Gasteiger partial charge in [0.15, 0.2) is 0 Å². The van der Waals surface area contributed by atoms with Crippen molar-refractivity contribution in [2.75, 3.05) is 0 Å². The molecule has 1 heterocycles. The maximum atomic E-state index is 12.7. The van der Waals surface area contributed by atoms with Crippen LogP contribution in [0.15, 0.2) is 29.1 Å². The van der Waals surface area contributed by atoms with Crippen LogP contribution in [0, 0.1) is 5.92 Å². The van der Waals surface area contributed by atoms with Gasteiger partial charge < -0.3 is 10.3 Å². The van der Waals surface area contributed by atoms with Crippen molar-refractivity contribution in [1.29, 1.82) is 0 Å². The van der Waals surface area contributed by atoms with Crippen LogP contribution in [0.1, 0.15) is 58.2 Å². The molecule has 0 aliphatic heterocycles. The van der Waals surface area contributed by atoms with Gasteiger partial charge >= 0.3 is 0 Å². The van der Waals surface area contributed by atoms with E-state index in [-0.39, 0.29) is 28.8 Å². The molecule has 0 bridgehead atoms. The average molecular weight is 327 g/mol. The van der Waals surface area contributed by atoms with E-state index in [1.807, 2.05) is 39.0 Å². The summed E-state index contributed by atoms with van der Waals surface area (Å²) in [5.74, 6) is 0.538. The predicted octanol–water partition coefficient (Wildman–Crippen LogP) is 3.11. The van der Waals surface area contributed by atoms with Crippen LogP contribution < -0.4 is 10.9 Å². The molecule has 2 atom stereocenters. The summed E-state index contributed by atoms with van der Waals surface area (Å²) in [4.78, 5) is 32.6. The summed E-state index contributed by atoms with van der Waals surface area (Å²) in [5, 5.41) is 3.67. The van der Waals surface area contributed by atoms with Gasteiger partial charge in [0, 0.05) is 17.4 Å². The van der Waals surface area contributed by atoms with Crippen molar-refractivity contribution < 1.29 is 4.79 Å². The second kappa shape index (κ2) is 6.38. The first-order chi connectivity index (χ1) is 11.3. The first-order valence-electron chi connectivity index (χ1n) is 8.66. The lowest BCUT2D eigenvalue weighted by molar-refractivity contribution is -0.128. The van der Waals surface area contributed by atoms with Gasteiger partial charge in [0.25, 0.3) is 5.56 Å². The lowest BCUT2D eigenvalue weighted by Gasteiger charge is -2.32. The van der Waals surface area contributed by atoms with Gasteiger partial charge in [0.2, 0.25) is 5.91 Å². The third-order valence-electron chi connectivity index (χ3n) is 4.58. The molecule has 1 aliphatic carbocycles. The molecule has 24 heavy (non-hydrogen) atoms. The minimum absolute atomic E-state index is 0.0293. The number of aromatic amines is 1. The molecule has 1 saturated carbocycles. The Morgan fingerprint density at radius 2 is 1.92 bits per heavy atom. The van der Waals surface area contributed by atoms with E-state index < -0.39 is 0 Å². The number of aromatic nitrogens is 2. The Morgan fingerprint density at radius 1 is 1.21 bits per heavy atom. The van der Waals surface area contributed by atoms with E-state index in [1.165, 1.54) is 0 Å². The predicted molar refractivity (Wildman–Crippen MR) is 95.0 cm³/mol. The number of benzene rings is 1. The van der Waals surface area contributed by atoms with Crippen molar-refractivity contribution >= 4 is 16.8 Å². The topological polar surface area (TPSA) is 74.8 Å². The van der Waals surface area contributed by atoms with Gasteiger partial charge in [-0.2, -0.15) is 0 Å². The molecule has 1 aromatic carbocycles. The Balaban J connectivity index is 1.96. The van der Waals surface area contributed by atoms with Crippen LogP contribution in [0.25, 0.3) is 10.9 Å². The number of nitrogens with zero attached hydrogens (tertiary/aromatic N) is 1. The van der Waals surface area contributed by atoms with E-state index in [0.717, 1.165) is 25.7 Å². The van der Waals surface area contributed by atoms with Gasteiger partial charge in [-0.1, -0.05) is 25.0 Å². The SMILES string of the molecule is CC(C)(C)NC(=O)C1CCCCC1c1nc2ccccc2c(=O)[nH]1. The van der Waals surface area contributed by atoms with Gasteiger partial charge in [0.05, 0.1) is 10.9 Å². The van der Waals surface area contributed by atoms with Crippen LogP contribution >= 0.6 is 0 Å². The highest BCUT2D eigenvalue weighted by molar-refractivity contribution is 5.81. The summed E-state index contributed by atoms with van der Waals surface area (Å²) < 4.78 is 0. The molecule has 0 radical (unpaired) electrons. The molecule has 3 rings (SSSR count). The first kappa shape index (κ1) is 16.7. The highest BCUT2D eigenvalue weighted by Crippen LogP contribution is 2.36. The van der Waals surface area contributed by atoms with Crippen LogP contribution in [0.5, 0.6) is 0 Å². The van der Waals surface area contributed by atoms with Gasteiger partial charge in [0.1, 0.15) is 5.82 Å². The van der Waals surface area contributed by atoms with Crippen molar-refractivity contribution in [2.45, 2.75) is 57.9 Å². The molecule has 1 fully saturated rings. The third-order valence-corrected chi connectivity index (χ3v) is 4.58. The average Bonchev–Trinajstić information content (AvgIpc) is 2.53. The second-order valence-corrected chi connectivity index (χ2v) is 7.71. The van der Waals surface area contributed by atoms with Crippen molar-refractivity contribution in [3.8, 4) is 0 Å². The van der Waals surface area contributed by atoms with Gasteiger partial charge in [-0.05, 0) is 45.7 Å². The van der Waals surface area contributed by atoms with Crippen LogP contribution in [0.3, 0.4) is 0 Å². The third kappa shape index (κ3) is 3.50. The molecule has 2 N–H and O–H groups in total. The quantitative estimate of drug-likeness (QED) is 0.890. The largest absolute Gasteiger partial charge is 0.351 e. The summed E-state index contributed by atoms with van der Waals surface area (Å²) >= 11 is 0. The molecule has 1 aliphatic rings. The van der Waals surface area contributed by atoms with Crippen molar-refractivity contribution in [1.82, 2.24) is 15.3 Å². The maximum absolute atomic E-state index is 12.7. The van der Waals surface area contributed by atoms with Crippen molar-refractivity contribution in [3.63, 3.8) is 0 Å². The Morgan fingerprint density at radius 3 is 2.67 bits per heavy atom. The number of hydrogen-bond donors (Lipinski definition) is 2. The van der Waals surface area contributed by atoms with E-state index in [4.69, 9.17) is 0 Å². The highest BCUT2D eigenvalue weighted by atomic mass is 16.2. The van der Waals surface area contributed by atoms with E-state index in [9.17, 15) is 9.59 Å². The zero-order valence-corrected chi connectivity index (χ0v) is 14.6. The monoisotopic (exact) mass is 327 g/mol.